The smallest absolute Gasteiger partial charge is 0.265 e. The lowest BCUT2D eigenvalue weighted by molar-refractivity contribution is -0.122. The molecule has 1 N–H and O–H groups in total. The highest BCUT2D eigenvalue weighted by Crippen LogP contribution is 2.31. The van der Waals surface area contributed by atoms with Crippen LogP contribution >= 0.6 is 11.6 Å². The summed E-state index contributed by atoms with van der Waals surface area (Å²) in [6.07, 6.45) is -0.242. The second-order valence-corrected chi connectivity index (χ2v) is 5.47. The van der Waals surface area contributed by atoms with Gasteiger partial charge in [0.05, 0.1) is 5.69 Å². The van der Waals surface area contributed by atoms with Crippen LogP contribution in [0.25, 0.3) is 0 Å². The summed E-state index contributed by atoms with van der Waals surface area (Å²) in [5, 5.41) is 3.17. The first kappa shape index (κ1) is 13.9. The Balaban J connectivity index is 1.74. The molecule has 0 aromatic heterocycles. The number of aryl methyl sites for hydroxylation is 1. The van der Waals surface area contributed by atoms with Crippen molar-refractivity contribution in [1.82, 2.24) is 0 Å². The van der Waals surface area contributed by atoms with Crippen molar-refractivity contribution in [2.75, 3.05) is 5.32 Å². The van der Waals surface area contributed by atoms with Crippen LogP contribution in [0, 0.1) is 12.7 Å². The van der Waals surface area contributed by atoms with Gasteiger partial charge in [0.1, 0.15) is 11.6 Å². The molecule has 1 aliphatic rings. The summed E-state index contributed by atoms with van der Waals surface area (Å²) in [5.41, 5.74) is 1.92. The molecule has 1 aliphatic heterocycles. The minimum Gasteiger partial charge on any atom is -0.480 e. The van der Waals surface area contributed by atoms with E-state index in [0.29, 0.717) is 17.2 Å². The summed E-state index contributed by atoms with van der Waals surface area (Å²) in [5.74, 6) is -0.191. The second-order valence-electron chi connectivity index (χ2n) is 5.04. The molecule has 1 amide bonds. The van der Waals surface area contributed by atoms with Crippen LogP contribution in [0.4, 0.5) is 10.1 Å². The molecule has 1 atom stereocenters. The fraction of sp³-hybridized carbons (Fsp3) is 0.188. The highest BCUT2D eigenvalue weighted by molar-refractivity contribution is 6.30. The molecule has 5 heteroatoms. The number of halogens is 2. The van der Waals surface area contributed by atoms with Crippen LogP contribution in [0.1, 0.15) is 11.1 Å². The summed E-state index contributed by atoms with van der Waals surface area (Å²) in [6.45, 7) is 1.83. The minimum atomic E-state index is -0.668. The van der Waals surface area contributed by atoms with Gasteiger partial charge in [0.2, 0.25) is 0 Å². The average Bonchev–Trinajstić information content (AvgIpc) is 2.86. The van der Waals surface area contributed by atoms with E-state index in [1.807, 2.05) is 6.92 Å². The molecule has 1 heterocycles. The zero-order valence-corrected chi connectivity index (χ0v) is 12.1. The number of ether oxygens (including phenoxy) is 1. The van der Waals surface area contributed by atoms with Gasteiger partial charge in [-0.3, -0.25) is 4.79 Å². The molecule has 0 unspecified atom stereocenters. The molecule has 108 valence electrons. The van der Waals surface area contributed by atoms with Gasteiger partial charge in [-0.05, 0) is 48.4 Å². The molecular weight excluding hydrogens is 293 g/mol. The van der Waals surface area contributed by atoms with Crippen molar-refractivity contribution in [3.8, 4) is 5.75 Å². The Labute approximate surface area is 126 Å². The number of rotatable bonds is 2. The Morgan fingerprint density at radius 1 is 1.33 bits per heavy atom. The van der Waals surface area contributed by atoms with Crippen LogP contribution in [-0.2, 0) is 11.2 Å². The first-order valence-electron chi connectivity index (χ1n) is 6.55. The van der Waals surface area contributed by atoms with E-state index in [2.05, 4.69) is 5.32 Å². The number of hydrogen-bond donors (Lipinski definition) is 1. The molecular formula is C16H13ClFNO2. The third-order valence-corrected chi connectivity index (χ3v) is 3.60. The summed E-state index contributed by atoms with van der Waals surface area (Å²) >= 11 is 5.91. The Hall–Kier alpha value is -2.07. The summed E-state index contributed by atoms with van der Waals surface area (Å²) < 4.78 is 19.2. The molecule has 0 saturated heterocycles. The van der Waals surface area contributed by atoms with Crippen molar-refractivity contribution in [2.24, 2.45) is 0 Å². The standard InChI is InChI=1S/C16H13ClFNO2/c1-9-2-4-12(18)13(6-9)19-16(20)15-8-10-7-11(17)3-5-14(10)21-15/h2-7,15H,8H2,1H3,(H,19,20)/t15-/m0/s1. The van der Waals surface area contributed by atoms with Crippen molar-refractivity contribution < 1.29 is 13.9 Å². The van der Waals surface area contributed by atoms with Crippen LogP contribution in [0.15, 0.2) is 36.4 Å². The lowest BCUT2D eigenvalue weighted by Crippen LogP contribution is -2.31. The largest absolute Gasteiger partial charge is 0.480 e. The molecule has 0 fully saturated rings. The van der Waals surface area contributed by atoms with E-state index in [4.69, 9.17) is 16.3 Å². The SMILES string of the molecule is Cc1ccc(F)c(NC(=O)[C@@H]2Cc3cc(Cl)ccc3O2)c1. The number of carbonyl (C=O) groups is 1. The maximum atomic E-state index is 13.7. The van der Waals surface area contributed by atoms with Crippen LogP contribution in [0.5, 0.6) is 5.75 Å². The molecule has 0 radical (unpaired) electrons. The van der Waals surface area contributed by atoms with Gasteiger partial charge < -0.3 is 10.1 Å². The van der Waals surface area contributed by atoms with E-state index in [1.54, 1.807) is 30.3 Å². The van der Waals surface area contributed by atoms with Crippen LogP contribution in [-0.4, -0.2) is 12.0 Å². The molecule has 0 bridgehead atoms. The Morgan fingerprint density at radius 3 is 2.95 bits per heavy atom. The first-order chi connectivity index (χ1) is 10.0. The van der Waals surface area contributed by atoms with E-state index < -0.39 is 11.9 Å². The topological polar surface area (TPSA) is 38.3 Å². The van der Waals surface area contributed by atoms with E-state index in [0.717, 1.165) is 11.1 Å². The molecule has 0 spiro atoms. The van der Waals surface area contributed by atoms with Crippen LogP contribution < -0.4 is 10.1 Å². The summed E-state index contributed by atoms with van der Waals surface area (Å²) in [7, 11) is 0. The highest BCUT2D eigenvalue weighted by Gasteiger charge is 2.29. The van der Waals surface area contributed by atoms with Crippen molar-refractivity contribution in [1.29, 1.82) is 0 Å². The van der Waals surface area contributed by atoms with Gasteiger partial charge in [0.25, 0.3) is 5.91 Å². The fourth-order valence-electron chi connectivity index (χ4n) is 2.31. The van der Waals surface area contributed by atoms with Crippen molar-refractivity contribution >= 4 is 23.2 Å². The molecule has 3 rings (SSSR count). The second kappa shape index (κ2) is 5.37. The van der Waals surface area contributed by atoms with E-state index in [9.17, 15) is 9.18 Å². The predicted molar refractivity (Wildman–Crippen MR) is 79.3 cm³/mol. The van der Waals surface area contributed by atoms with Crippen molar-refractivity contribution in [3.05, 3.63) is 58.4 Å². The predicted octanol–water partition coefficient (Wildman–Crippen LogP) is 3.73. The van der Waals surface area contributed by atoms with Gasteiger partial charge in [0, 0.05) is 11.4 Å². The molecule has 0 aliphatic carbocycles. The van der Waals surface area contributed by atoms with Crippen molar-refractivity contribution in [3.63, 3.8) is 0 Å². The summed E-state index contributed by atoms with van der Waals surface area (Å²) in [6, 6.07) is 9.78. The Bertz CT molecular complexity index is 717. The van der Waals surface area contributed by atoms with E-state index in [1.165, 1.54) is 6.07 Å². The molecule has 2 aromatic rings. The van der Waals surface area contributed by atoms with Gasteiger partial charge >= 0.3 is 0 Å². The fourth-order valence-corrected chi connectivity index (χ4v) is 2.51. The lowest BCUT2D eigenvalue weighted by atomic mass is 10.1. The monoisotopic (exact) mass is 305 g/mol. The quantitative estimate of drug-likeness (QED) is 0.918. The van der Waals surface area contributed by atoms with Gasteiger partial charge in [-0.15, -0.1) is 0 Å². The maximum absolute atomic E-state index is 13.7. The van der Waals surface area contributed by atoms with Gasteiger partial charge in [-0.2, -0.15) is 0 Å². The normalized spacial score (nSPS) is 16.2. The zero-order valence-electron chi connectivity index (χ0n) is 11.3. The number of amides is 1. The molecule has 2 aromatic carbocycles. The molecule has 21 heavy (non-hydrogen) atoms. The van der Waals surface area contributed by atoms with Gasteiger partial charge in [-0.1, -0.05) is 17.7 Å². The lowest BCUT2D eigenvalue weighted by Gasteiger charge is -2.12. The first-order valence-corrected chi connectivity index (χ1v) is 6.93. The number of anilines is 1. The van der Waals surface area contributed by atoms with E-state index >= 15 is 0 Å². The van der Waals surface area contributed by atoms with Crippen LogP contribution in [0.2, 0.25) is 5.02 Å². The third-order valence-electron chi connectivity index (χ3n) is 3.37. The highest BCUT2D eigenvalue weighted by atomic mass is 35.5. The number of hydrogen-bond acceptors (Lipinski definition) is 2. The average molecular weight is 306 g/mol. The molecule has 3 nitrogen and oxygen atoms in total. The third kappa shape index (κ3) is 2.85. The maximum Gasteiger partial charge on any atom is 0.265 e. The van der Waals surface area contributed by atoms with Crippen molar-refractivity contribution in [2.45, 2.75) is 19.4 Å². The number of benzene rings is 2. The number of carbonyl (C=O) groups excluding carboxylic acids is 1. The Kier molecular flexibility index (Phi) is 3.55. The van der Waals surface area contributed by atoms with E-state index in [-0.39, 0.29) is 11.6 Å². The Morgan fingerprint density at radius 2 is 2.14 bits per heavy atom. The summed E-state index contributed by atoms with van der Waals surface area (Å²) in [4.78, 5) is 12.2. The van der Waals surface area contributed by atoms with Gasteiger partial charge in [0.15, 0.2) is 6.10 Å². The van der Waals surface area contributed by atoms with Crippen LogP contribution in [0.3, 0.4) is 0 Å². The number of fused-ring (bicyclic) bond motifs is 1. The van der Waals surface area contributed by atoms with Gasteiger partial charge in [-0.25, -0.2) is 4.39 Å². The number of nitrogens with one attached hydrogen (secondary N) is 1. The molecule has 0 saturated carbocycles. The minimum absolute atomic E-state index is 0.164. The zero-order chi connectivity index (χ0) is 15.0.